The van der Waals surface area contributed by atoms with Crippen LogP contribution in [0.4, 0.5) is 0 Å². The van der Waals surface area contributed by atoms with Crippen LogP contribution in [0.15, 0.2) is 30.3 Å². The summed E-state index contributed by atoms with van der Waals surface area (Å²) >= 11 is 0. The Balaban J connectivity index is 0.00000169. The fourth-order valence-electron chi connectivity index (χ4n) is 1.32. The molecule has 0 amide bonds. The zero-order chi connectivity index (χ0) is 9.52. The standard InChI is InChI=1S/C12H19N.ClH/c1-3-11(2)9-13-10-12-7-5-4-6-8-12;/h4-8,11,13H,3,9-10H2,1-2H3;1H/t11-;/m1./s1. The van der Waals surface area contributed by atoms with Crippen LogP contribution in [-0.2, 0) is 6.54 Å². The van der Waals surface area contributed by atoms with Gasteiger partial charge in [-0.2, -0.15) is 0 Å². The Morgan fingerprint density at radius 2 is 1.86 bits per heavy atom. The molecule has 1 aromatic carbocycles. The lowest BCUT2D eigenvalue weighted by atomic mass is 10.1. The number of hydrogen-bond donors (Lipinski definition) is 1. The second-order valence-corrected chi connectivity index (χ2v) is 3.73. The smallest absolute Gasteiger partial charge is 0.101 e. The lowest BCUT2D eigenvalue weighted by molar-refractivity contribution is -0.675. The Kier molecular flexibility index (Phi) is 7.54. The van der Waals surface area contributed by atoms with E-state index in [1.807, 2.05) is 0 Å². The third-order valence-electron chi connectivity index (χ3n) is 2.49. The second kappa shape index (κ2) is 7.84. The van der Waals surface area contributed by atoms with Crippen molar-refractivity contribution in [2.45, 2.75) is 26.8 Å². The summed E-state index contributed by atoms with van der Waals surface area (Å²) in [4.78, 5) is 0. The molecule has 0 aromatic heterocycles. The van der Waals surface area contributed by atoms with Gasteiger partial charge in [0.1, 0.15) is 6.54 Å². The van der Waals surface area contributed by atoms with Crippen LogP contribution >= 0.6 is 0 Å². The van der Waals surface area contributed by atoms with E-state index in [2.05, 4.69) is 49.5 Å². The molecule has 2 heteroatoms. The van der Waals surface area contributed by atoms with Gasteiger partial charge in [-0.25, -0.2) is 0 Å². The average Bonchev–Trinajstić information content (AvgIpc) is 2.19. The summed E-state index contributed by atoms with van der Waals surface area (Å²) in [6.45, 7) is 6.92. The van der Waals surface area contributed by atoms with Crippen LogP contribution in [0.25, 0.3) is 0 Å². The molecule has 0 heterocycles. The Hall–Kier alpha value is -0.530. The third kappa shape index (κ3) is 5.25. The van der Waals surface area contributed by atoms with Gasteiger partial charge in [0.05, 0.1) is 6.54 Å². The molecule has 0 saturated carbocycles. The van der Waals surface area contributed by atoms with E-state index >= 15 is 0 Å². The molecule has 1 atom stereocenters. The quantitative estimate of drug-likeness (QED) is 0.633. The topological polar surface area (TPSA) is 16.6 Å². The van der Waals surface area contributed by atoms with Gasteiger partial charge >= 0.3 is 0 Å². The van der Waals surface area contributed by atoms with Crippen molar-refractivity contribution in [1.29, 1.82) is 0 Å². The van der Waals surface area contributed by atoms with Crippen molar-refractivity contribution in [2.24, 2.45) is 5.92 Å². The summed E-state index contributed by atoms with van der Waals surface area (Å²) in [7, 11) is 0. The van der Waals surface area contributed by atoms with Gasteiger partial charge in [0.25, 0.3) is 0 Å². The SMILES string of the molecule is CC[C@@H](C)C[NH2+]Cc1ccccc1.[Cl-]. The van der Waals surface area contributed by atoms with E-state index in [1.165, 1.54) is 18.5 Å². The molecule has 80 valence electrons. The van der Waals surface area contributed by atoms with Crippen molar-refractivity contribution >= 4 is 0 Å². The molecule has 0 saturated heterocycles. The fraction of sp³-hybridized carbons (Fsp3) is 0.500. The Morgan fingerprint density at radius 3 is 2.43 bits per heavy atom. The summed E-state index contributed by atoms with van der Waals surface area (Å²) in [5.74, 6) is 0.837. The zero-order valence-electron chi connectivity index (χ0n) is 9.04. The maximum absolute atomic E-state index is 2.39. The number of benzene rings is 1. The Labute approximate surface area is 93.3 Å². The molecule has 14 heavy (non-hydrogen) atoms. The highest BCUT2D eigenvalue weighted by Gasteiger charge is 2.00. The summed E-state index contributed by atoms with van der Waals surface area (Å²) in [5, 5.41) is 2.39. The maximum atomic E-state index is 2.39. The highest BCUT2D eigenvalue weighted by atomic mass is 35.5. The van der Waals surface area contributed by atoms with E-state index in [0.29, 0.717) is 0 Å². The molecule has 1 nitrogen and oxygen atoms in total. The van der Waals surface area contributed by atoms with E-state index in [-0.39, 0.29) is 12.4 Å². The van der Waals surface area contributed by atoms with E-state index < -0.39 is 0 Å². The largest absolute Gasteiger partial charge is 1.00 e. The van der Waals surface area contributed by atoms with Gasteiger partial charge in [-0.1, -0.05) is 44.2 Å². The summed E-state index contributed by atoms with van der Waals surface area (Å²) in [6.07, 6.45) is 1.28. The molecule has 0 aliphatic carbocycles. The number of rotatable bonds is 5. The first-order valence-corrected chi connectivity index (χ1v) is 5.18. The molecule has 0 spiro atoms. The van der Waals surface area contributed by atoms with Crippen molar-refractivity contribution in [3.8, 4) is 0 Å². The lowest BCUT2D eigenvalue weighted by Gasteiger charge is -2.06. The maximum Gasteiger partial charge on any atom is 0.101 e. The van der Waals surface area contributed by atoms with Crippen molar-refractivity contribution in [3.63, 3.8) is 0 Å². The summed E-state index contributed by atoms with van der Waals surface area (Å²) < 4.78 is 0. The highest BCUT2D eigenvalue weighted by molar-refractivity contribution is 5.12. The number of hydrogen-bond acceptors (Lipinski definition) is 0. The van der Waals surface area contributed by atoms with Crippen LogP contribution in [0.5, 0.6) is 0 Å². The first-order valence-electron chi connectivity index (χ1n) is 5.18. The van der Waals surface area contributed by atoms with Crippen molar-refractivity contribution in [3.05, 3.63) is 35.9 Å². The van der Waals surface area contributed by atoms with Crippen molar-refractivity contribution < 1.29 is 17.7 Å². The molecule has 2 N–H and O–H groups in total. The first-order chi connectivity index (χ1) is 6.33. The fourth-order valence-corrected chi connectivity index (χ4v) is 1.32. The average molecular weight is 214 g/mol. The van der Waals surface area contributed by atoms with Crippen molar-refractivity contribution in [1.82, 2.24) is 0 Å². The van der Waals surface area contributed by atoms with E-state index in [1.54, 1.807) is 0 Å². The van der Waals surface area contributed by atoms with Gasteiger partial charge < -0.3 is 17.7 Å². The van der Waals surface area contributed by atoms with Crippen LogP contribution < -0.4 is 17.7 Å². The van der Waals surface area contributed by atoms with Crippen LogP contribution in [0.1, 0.15) is 25.8 Å². The molecule has 1 rings (SSSR count). The second-order valence-electron chi connectivity index (χ2n) is 3.73. The minimum absolute atomic E-state index is 0. The van der Waals surface area contributed by atoms with E-state index in [9.17, 15) is 0 Å². The number of nitrogens with two attached hydrogens (primary N) is 1. The number of quaternary nitrogens is 1. The van der Waals surface area contributed by atoms with Gasteiger partial charge in [-0.3, -0.25) is 0 Å². The monoisotopic (exact) mass is 213 g/mol. The highest BCUT2D eigenvalue weighted by Crippen LogP contribution is 1.96. The number of halogens is 1. The molecular weight excluding hydrogens is 194 g/mol. The van der Waals surface area contributed by atoms with Crippen molar-refractivity contribution in [2.75, 3.05) is 6.54 Å². The minimum Gasteiger partial charge on any atom is -1.00 e. The van der Waals surface area contributed by atoms with Gasteiger partial charge in [0.15, 0.2) is 0 Å². The predicted molar refractivity (Wildman–Crippen MR) is 56.4 cm³/mol. The predicted octanol–water partition coefficient (Wildman–Crippen LogP) is -1.20. The molecule has 0 bridgehead atoms. The van der Waals surface area contributed by atoms with E-state index in [4.69, 9.17) is 0 Å². The van der Waals surface area contributed by atoms with Gasteiger partial charge in [0, 0.05) is 11.5 Å². The summed E-state index contributed by atoms with van der Waals surface area (Å²) in [6, 6.07) is 10.7. The molecule has 1 aromatic rings. The van der Waals surface area contributed by atoms with Crippen LogP contribution in [0, 0.1) is 5.92 Å². The molecule has 0 aliphatic heterocycles. The first kappa shape index (κ1) is 13.5. The van der Waals surface area contributed by atoms with E-state index in [0.717, 1.165) is 12.5 Å². The molecule has 0 radical (unpaired) electrons. The molecule has 0 aliphatic rings. The van der Waals surface area contributed by atoms with Crippen LogP contribution in [0.2, 0.25) is 0 Å². The Morgan fingerprint density at radius 1 is 1.21 bits per heavy atom. The molecular formula is C12H20ClN. The van der Waals surface area contributed by atoms with Crippen LogP contribution in [0.3, 0.4) is 0 Å². The normalized spacial score (nSPS) is 11.9. The zero-order valence-corrected chi connectivity index (χ0v) is 9.80. The van der Waals surface area contributed by atoms with Gasteiger partial charge in [-0.05, 0) is 6.42 Å². The van der Waals surface area contributed by atoms with Gasteiger partial charge in [-0.15, -0.1) is 0 Å². The lowest BCUT2D eigenvalue weighted by Crippen LogP contribution is -3.00. The minimum atomic E-state index is 0. The third-order valence-corrected chi connectivity index (χ3v) is 2.49. The van der Waals surface area contributed by atoms with Crippen LogP contribution in [-0.4, -0.2) is 6.54 Å². The van der Waals surface area contributed by atoms with Gasteiger partial charge in [0.2, 0.25) is 0 Å². The Bertz CT molecular complexity index is 223. The summed E-state index contributed by atoms with van der Waals surface area (Å²) in [5.41, 5.74) is 1.42. The molecule has 0 unspecified atom stereocenters. The molecule has 0 fully saturated rings.